The van der Waals surface area contributed by atoms with Crippen molar-refractivity contribution in [1.82, 2.24) is 20.4 Å². The van der Waals surface area contributed by atoms with Gasteiger partial charge in [-0.25, -0.2) is 0 Å². The van der Waals surface area contributed by atoms with Crippen LogP contribution in [0.1, 0.15) is 16.2 Å². The van der Waals surface area contributed by atoms with Crippen molar-refractivity contribution in [1.29, 1.82) is 0 Å². The zero-order valence-corrected chi connectivity index (χ0v) is 12.4. The third kappa shape index (κ3) is 3.34. The van der Waals surface area contributed by atoms with E-state index in [0.717, 1.165) is 11.1 Å². The molecule has 0 aliphatic rings. The summed E-state index contributed by atoms with van der Waals surface area (Å²) in [5.41, 5.74) is 1.59. The minimum Gasteiger partial charge on any atom is -0.496 e. The molecule has 0 aliphatic carbocycles. The molecule has 1 aromatic carbocycles. The third-order valence-electron chi connectivity index (χ3n) is 3.19. The first-order valence-electron chi connectivity index (χ1n) is 6.92. The minimum absolute atomic E-state index is 0.0910. The first-order valence-corrected chi connectivity index (χ1v) is 6.92. The van der Waals surface area contributed by atoms with Crippen molar-refractivity contribution < 1.29 is 14.1 Å². The number of para-hydroxylation sites is 1. The van der Waals surface area contributed by atoms with Crippen molar-refractivity contribution in [3.05, 3.63) is 60.2 Å². The Morgan fingerprint density at radius 3 is 2.78 bits per heavy atom. The fourth-order valence-corrected chi connectivity index (χ4v) is 2.03. The van der Waals surface area contributed by atoms with Gasteiger partial charge in [-0.15, -0.1) is 0 Å². The number of hydrogen-bond donors (Lipinski definition) is 1. The van der Waals surface area contributed by atoms with E-state index >= 15 is 0 Å². The molecule has 0 aliphatic heterocycles. The van der Waals surface area contributed by atoms with Crippen LogP contribution in [0.25, 0.3) is 11.4 Å². The summed E-state index contributed by atoms with van der Waals surface area (Å²) in [4.78, 5) is 20.1. The fraction of sp³-hybridized carbons (Fsp3) is 0.125. The summed E-state index contributed by atoms with van der Waals surface area (Å²) < 4.78 is 10.2. The molecule has 0 spiro atoms. The molecule has 23 heavy (non-hydrogen) atoms. The highest BCUT2D eigenvalue weighted by atomic mass is 16.5. The Morgan fingerprint density at radius 2 is 2.00 bits per heavy atom. The lowest BCUT2D eigenvalue weighted by Gasteiger charge is -2.07. The van der Waals surface area contributed by atoms with Crippen LogP contribution in [0.3, 0.4) is 0 Å². The maximum Gasteiger partial charge on any atom is 0.316 e. The molecule has 0 radical (unpaired) electrons. The van der Waals surface area contributed by atoms with Crippen LogP contribution in [-0.4, -0.2) is 28.1 Å². The highest BCUT2D eigenvalue weighted by Gasteiger charge is 2.16. The summed E-state index contributed by atoms with van der Waals surface area (Å²) in [6.07, 6.45) is 3.24. The van der Waals surface area contributed by atoms with Crippen molar-refractivity contribution in [2.24, 2.45) is 0 Å². The molecule has 0 unspecified atom stereocenters. The summed E-state index contributed by atoms with van der Waals surface area (Å²) in [7, 11) is 1.58. The highest BCUT2D eigenvalue weighted by Crippen LogP contribution is 2.17. The fourth-order valence-electron chi connectivity index (χ4n) is 2.03. The Balaban J connectivity index is 1.68. The standard InChI is InChI=1S/C16H14N4O3/c1-22-13-5-3-2-4-12(13)10-18-15(21)16-19-14(20-23-16)11-6-8-17-9-7-11/h2-9H,10H2,1H3,(H,18,21). The average Bonchev–Trinajstić information content (AvgIpc) is 3.11. The van der Waals surface area contributed by atoms with Gasteiger partial charge in [-0.2, -0.15) is 4.98 Å². The molecule has 1 amide bonds. The number of pyridine rings is 1. The molecule has 0 fully saturated rings. The number of aromatic nitrogens is 3. The van der Waals surface area contributed by atoms with Crippen molar-refractivity contribution in [3.63, 3.8) is 0 Å². The number of methoxy groups -OCH3 is 1. The van der Waals surface area contributed by atoms with Crippen LogP contribution in [0.5, 0.6) is 5.75 Å². The van der Waals surface area contributed by atoms with E-state index in [1.165, 1.54) is 0 Å². The lowest BCUT2D eigenvalue weighted by molar-refractivity contribution is 0.0906. The maximum atomic E-state index is 12.1. The molecule has 1 N–H and O–H groups in total. The number of nitrogens with zero attached hydrogens (tertiary/aromatic N) is 3. The predicted molar refractivity (Wildman–Crippen MR) is 81.7 cm³/mol. The number of benzene rings is 1. The Bertz CT molecular complexity index is 802. The summed E-state index contributed by atoms with van der Waals surface area (Å²) in [6, 6.07) is 10.9. The van der Waals surface area contributed by atoms with E-state index in [1.807, 2.05) is 24.3 Å². The second-order valence-electron chi connectivity index (χ2n) is 4.65. The first-order chi connectivity index (χ1) is 11.3. The molecular weight excluding hydrogens is 296 g/mol. The van der Waals surface area contributed by atoms with E-state index in [4.69, 9.17) is 9.26 Å². The second kappa shape index (κ2) is 6.69. The van der Waals surface area contributed by atoms with E-state index in [2.05, 4.69) is 20.4 Å². The first kappa shape index (κ1) is 14.7. The van der Waals surface area contributed by atoms with Crippen LogP contribution in [-0.2, 0) is 6.54 Å². The van der Waals surface area contributed by atoms with Gasteiger partial charge in [0, 0.05) is 30.1 Å². The monoisotopic (exact) mass is 310 g/mol. The van der Waals surface area contributed by atoms with Gasteiger partial charge in [0.15, 0.2) is 0 Å². The maximum absolute atomic E-state index is 12.1. The summed E-state index contributed by atoms with van der Waals surface area (Å²) in [6.45, 7) is 0.301. The molecule has 0 saturated carbocycles. The van der Waals surface area contributed by atoms with Crippen LogP contribution < -0.4 is 10.1 Å². The molecule has 0 bridgehead atoms. The van der Waals surface area contributed by atoms with Gasteiger partial charge in [0.25, 0.3) is 0 Å². The second-order valence-corrected chi connectivity index (χ2v) is 4.65. The molecule has 3 rings (SSSR count). The number of ether oxygens (including phenoxy) is 1. The topological polar surface area (TPSA) is 90.1 Å². The molecule has 0 atom stereocenters. The van der Waals surface area contributed by atoms with Crippen LogP contribution in [0.2, 0.25) is 0 Å². The SMILES string of the molecule is COc1ccccc1CNC(=O)c1nc(-c2ccncc2)no1. The van der Waals surface area contributed by atoms with Crippen molar-refractivity contribution in [2.75, 3.05) is 7.11 Å². The van der Waals surface area contributed by atoms with Crippen molar-refractivity contribution in [3.8, 4) is 17.1 Å². The van der Waals surface area contributed by atoms with E-state index in [0.29, 0.717) is 18.1 Å². The predicted octanol–water partition coefficient (Wildman–Crippen LogP) is 2.07. The van der Waals surface area contributed by atoms with Crippen LogP contribution in [0.4, 0.5) is 0 Å². The molecule has 2 heterocycles. The summed E-state index contributed by atoms with van der Waals surface area (Å²) >= 11 is 0. The highest BCUT2D eigenvalue weighted by molar-refractivity contribution is 5.89. The van der Waals surface area contributed by atoms with Gasteiger partial charge >= 0.3 is 11.8 Å². The largest absolute Gasteiger partial charge is 0.496 e. The van der Waals surface area contributed by atoms with Gasteiger partial charge in [-0.05, 0) is 18.2 Å². The molecule has 7 nitrogen and oxygen atoms in total. The van der Waals surface area contributed by atoms with Gasteiger partial charge < -0.3 is 14.6 Å². The van der Waals surface area contributed by atoms with Crippen LogP contribution >= 0.6 is 0 Å². The van der Waals surface area contributed by atoms with Gasteiger partial charge in [-0.1, -0.05) is 23.4 Å². The quantitative estimate of drug-likeness (QED) is 0.776. The molecule has 116 valence electrons. The lowest BCUT2D eigenvalue weighted by atomic mass is 10.2. The van der Waals surface area contributed by atoms with Gasteiger partial charge in [0.2, 0.25) is 5.82 Å². The summed E-state index contributed by atoms with van der Waals surface area (Å²) in [5, 5.41) is 6.52. The van der Waals surface area contributed by atoms with E-state index in [1.54, 1.807) is 31.6 Å². The van der Waals surface area contributed by atoms with E-state index in [-0.39, 0.29) is 5.89 Å². The normalized spacial score (nSPS) is 10.3. The number of carbonyl (C=O) groups is 1. The number of rotatable bonds is 5. The smallest absolute Gasteiger partial charge is 0.316 e. The number of nitrogens with one attached hydrogen (secondary N) is 1. The van der Waals surface area contributed by atoms with E-state index < -0.39 is 5.91 Å². The molecular formula is C16H14N4O3. The minimum atomic E-state index is -0.441. The van der Waals surface area contributed by atoms with Crippen molar-refractivity contribution in [2.45, 2.75) is 6.54 Å². The zero-order chi connectivity index (χ0) is 16.1. The third-order valence-corrected chi connectivity index (χ3v) is 3.19. The van der Waals surface area contributed by atoms with Crippen molar-refractivity contribution >= 4 is 5.91 Å². The van der Waals surface area contributed by atoms with E-state index in [9.17, 15) is 4.79 Å². The zero-order valence-electron chi connectivity index (χ0n) is 12.4. The Labute approximate surface area is 132 Å². The van der Waals surface area contributed by atoms with Gasteiger partial charge in [-0.3, -0.25) is 9.78 Å². The lowest BCUT2D eigenvalue weighted by Crippen LogP contribution is -2.23. The molecule has 3 aromatic rings. The number of amides is 1. The van der Waals surface area contributed by atoms with Crippen LogP contribution in [0, 0.1) is 0 Å². The Hall–Kier alpha value is -3.22. The van der Waals surface area contributed by atoms with Crippen LogP contribution in [0.15, 0.2) is 53.3 Å². The average molecular weight is 310 g/mol. The van der Waals surface area contributed by atoms with Gasteiger partial charge in [0.05, 0.1) is 7.11 Å². The summed E-state index contributed by atoms with van der Waals surface area (Å²) in [5.74, 6) is 0.515. The molecule has 2 aromatic heterocycles. The Kier molecular flexibility index (Phi) is 4.28. The molecule has 0 saturated heterocycles. The molecule has 7 heteroatoms. The number of carbonyl (C=O) groups excluding carboxylic acids is 1. The number of hydrogen-bond acceptors (Lipinski definition) is 6. The Morgan fingerprint density at radius 1 is 1.22 bits per heavy atom. The van der Waals surface area contributed by atoms with Gasteiger partial charge in [0.1, 0.15) is 5.75 Å².